The van der Waals surface area contributed by atoms with Crippen LogP contribution >= 0.6 is 11.6 Å². The van der Waals surface area contributed by atoms with E-state index in [2.05, 4.69) is 10.1 Å². The third-order valence-electron chi connectivity index (χ3n) is 3.38. The van der Waals surface area contributed by atoms with E-state index >= 15 is 0 Å². The van der Waals surface area contributed by atoms with E-state index in [9.17, 15) is 14.0 Å². The molecular weight excluding hydrogens is 335 g/mol. The van der Waals surface area contributed by atoms with Crippen molar-refractivity contribution in [2.75, 3.05) is 18.2 Å². The third kappa shape index (κ3) is 4.45. The summed E-state index contributed by atoms with van der Waals surface area (Å²) < 4.78 is 17.4. The number of amides is 1. The summed E-state index contributed by atoms with van der Waals surface area (Å²) in [5, 5.41) is 2.95. The lowest BCUT2D eigenvalue weighted by molar-refractivity contribution is -0.116. The zero-order valence-electron chi connectivity index (χ0n) is 12.9. The van der Waals surface area contributed by atoms with Gasteiger partial charge in [0.1, 0.15) is 5.82 Å². The van der Waals surface area contributed by atoms with Gasteiger partial charge in [-0.2, -0.15) is 0 Å². The fourth-order valence-electron chi connectivity index (χ4n) is 2.15. The molecule has 24 heavy (non-hydrogen) atoms. The van der Waals surface area contributed by atoms with Gasteiger partial charge >= 0.3 is 5.97 Å². The summed E-state index contributed by atoms with van der Waals surface area (Å²) in [6.07, 6.45) is 0.442. The van der Waals surface area contributed by atoms with Crippen molar-refractivity contribution >= 4 is 34.9 Å². The van der Waals surface area contributed by atoms with Gasteiger partial charge in [-0.3, -0.25) is 4.79 Å². The molecular formula is C17H16ClFN2O3. The largest absolute Gasteiger partial charge is 0.465 e. The van der Waals surface area contributed by atoms with Crippen LogP contribution in [0.15, 0.2) is 36.4 Å². The lowest BCUT2D eigenvalue weighted by Crippen LogP contribution is -2.13. The summed E-state index contributed by atoms with van der Waals surface area (Å²) in [5.74, 6) is -1.17. The first kappa shape index (κ1) is 17.7. The molecule has 0 saturated carbocycles. The van der Waals surface area contributed by atoms with Crippen LogP contribution in [-0.4, -0.2) is 19.0 Å². The van der Waals surface area contributed by atoms with Crippen LogP contribution in [0, 0.1) is 5.82 Å². The zero-order chi connectivity index (χ0) is 17.7. The quantitative estimate of drug-likeness (QED) is 0.639. The molecule has 0 saturated heterocycles. The van der Waals surface area contributed by atoms with Gasteiger partial charge in [0.25, 0.3) is 0 Å². The second kappa shape index (κ2) is 7.79. The smallest absolute Gasteiger partial charge is 0.337 e. The van der Waals surface area contributed by atoms with Crippen molar-refractivity contribution in [2.45, 2.75) is 12.8 Å². The van der Waals surface area contributed by atoms with E-state index in [-0.39, 0.29) is 23.7 Å². The van der Waals surface area contributed by atoms with Crippen LogP contribution in [0.3, 0.4) is 0 Å². The molecule has 0 atom stereocenters. The molecule has 7 heteroatoms. The first-order valence-corrected chi connectivity index (χ1v) is 7.50. The Morgan fingerprint density at radius 2 is 1.92 bits per heavy atom. The Balaban J connectivity index is 2.02. The topological polar surface area (TPSA) is 81.4 Å². The maximum atomic E-state index is 12.8. The molecule has 0 spiro atoms. The van der Waals surface area contributed by atoms with Gasteiger partial charge in [-0.1, -0.05) is 11.6 Å². The average Bonchev–Trinajstić information content (AvgIpc) is 2.55. The third-order valence-corrected chi connectivity index (χ3v) is 3.72. The van der Waals surface area contributed by atoms with E-state index in [1.807, 2.05) is 0 Å². The van der Waals surface area contributed by atoms with E-state index in [1.54, 1.807) is 0 Å². The summed E-state index contributed by atoms with van der Waals surface area (Å²) in [6.45, 7) is 0. The lowest BCUT2D eigenvalue weighted by atomic mass is 10.0. The molecule has 126 valence electrons. The van der Waals surface area contributed by atoms with Crippen LogP contribution in [0.25, 0.3) is 0 Å². The minimum atomic E-state index is -0.538. The van der Waals surface area contributed by atoms with Crippen molar-refractivity contribution in [3.05, 3.63) is 58.4 Å². The Bertz CT molecular complexity index is 740. The predicted octanol–water partition coefficient (Wildman–Crippen LogP) is 3.42. The Labute approximate surface area is 143 Å². The van der Waals surface area contributed by atoms with Crippen molar-refractivity contribution in [1.29, 1.82) is 0 Å². The fourth-order valence-corrected chi connectivity index (χ4v) is 2.47. The first-order valence-electron chi connectivity index (χ1n) is 7.12. The Kier molecular flexibility index (Phi) is 5.76. The summed E-state index contributed by atoms with van der Waals surface area (Å²) in [5.41, 5.74) is 7.55. The van der Waals surface area contributed by atoms with Gasteiger partial charge in [0.15, 0.2) is 0 Å². The number of carbonyl (C=O) groups is 2. The highest BCUT2D eigenvalue weighted by atomic mass is 35.5. The van der Waals surface area contributed by atoms with Crippen molar-refractivity contribution in [1.82, 2.24) is 0 Å². The van der Waals surface area contributed by atoms with E-state index in [0.29, 0.717) is 28.4 Å². The molecule has 0 aliphatic carbocycles. The van der Waals surface area contributed by atoms with Crippen LogP contribution in [0.2, 0.25) is 5.02 Å². The SMILES string of the molecule is COC(=O)c1cc(N)c(CCC(=O)Nc2ccc(F)cc2)c(Cl)c1. The second-order valence-electron chi connectivity index (χ2n) is 5.07. The van der Waals surface area contributed by atoms with Crippen molar-refractivity contribution in [3.63, 3.8) is 0 Å². The molecule has 0 radical (unpaired) electrons. The number of carbonyl (C=O) groups excluding carboxylic acids is 2. The van der Waals surface area contributed by atoms with Gasteiger partial charge < -0.3 is 15.8 Å². The number of ether oxygens (including phenoxy) is 1. The van der Waals surface area contributed by atoms with E-state index in [1.165, 1.54) is 43.5 Å². The van der Waals surface area contributed by atoms with Gasteiger partial charge in [-0.25, -0.2) is 9.18 Å². The highest BCUT2D eigenvalue weighted by Gasteiger charge is 2.14. The molecule has 1 amide bonds. The molecule has 2 aromatic rings. The van der Waals surface area contributed by atoms with Gasteiger partial charge in [0.05, 0.1) is 12.7 Å². The van der Waals surface area contributed by atoms with Crippen LogP contribution in [0.4, 0.5) is 15.8 Å². The van der Waals surface area contributed by atoms with E-state index < -0.39 is 5.97 Å². The van der Waals surface area contributed by atoms with Gasteiger partial charge in [0, 0.05) is 22.8 Å². The van der Waals surface area contributed by atoms with E-state index in [4.69, 9.17) is 17.3 Å². The highest BCUT2D eigenvalue weighted by Crippen LogP contribution is 2.26. The number of halogens is 2. The minimum absolute atomic E-state index is 0.138. The first-order chi connectivity index (χ1) is 11.4. The normalized spacial score (nSPS) is 10.3. The molecule has 2 rings (SSSR count). The monoisotopic (exact) mass is 350 g/mol. The van der Waals surface area contributed by atoms with Crippen molar-refractivity contribution in [2.24, 2.45) is 0 Å². The number of methoxy groups -OCH3 is 1. The number of anilines is 2. The summed E-state index contributed by atoms with van der Waals surface area (Å²) in [7, 11) is 1.26. The zero-order valence-corrected chi connectivity index (χ0v) is 13.7. The highest BCUT2D eigenvalue weighted by molar-refractivity contribution is 6.32. The molecule has 0 fully saturated rings. The Morgan fingerprint density at radius 3 is 2.50 bits per heavy atom. The van der Waals surface area contributed by atoms with Crippen LogP contribution < -0.4 is 11.1 Å². The van der Waals surface area contributed by atoms with Crippen LogP contribution in [0.5, 0.6) is 0 Å². The molecule has 5 nitrogen and oxygen atoms in total. The van der Waals surface area contributed by atoms with Gasteiger partial charge in [-0.15, -0.1) is 0 Å². The number of benzene rings is 2. The van der Waals surface area contributed by atoms with Gasteiger partial charge in [-0.05, 0) is 48.4 Å². The number of nitrogen functional groups attached to an aromatic ring is 1. The summed E-state index contributed by atoms with van der Waals surface area (Å²) in [4.78, 5) is 23.4. The molecule has 0 bridgehead atoms. The standard InChI is InChI=1S/C17H16ClFN2O3/c1-24-17(23)10-8-14(18)13(15(20)9-10)6-7-16(22)21-12-4-2-11(19)3-5-12/h2-5,8-9H,6-7,20H2,1H3,(H,21,22). The number of hydrogen-bond acceptors (Lipinski definition) is 4. The number of nitrogens with one attached hydrogen (secondary N) is 1. The molecule has 0 aromatic heterocycles. The molecule has 0 aliphatic rings. The molecule has 0 aliphatic heterocycles. The number of hydrogen-bond donors (Lipinski definition) is 2. The Hall–Kier alpha value is -2.60. The van der Waals surface area contributed by atoms with Crippen LogP contribution in [0.1, 0.15) is 22.3 Å². The predicted molar refractivity (Wildman–Crippen MR) is 90.6 cm³/mol. The fraction of sp³-hybridized carbons (Fsp3) is 0.176. The van der Waals surface area contributed by atoms with Gasteiger partial charge in [0.2, 0.25) is 5.91 Å². The number of rotatable bonds is 5. The van der Waals surface area contributed by atoms with Crippen molar-refractivity contribution in [3.8, 4) is 0 Å². The molecule has 0 heterocycles. The minimum Gasteiger partial charge on any atom is -0.465 e. The molecule has 0 unspecified atom stereocenters. The maximum Gasteiger partial charge on any atom is 0.337 e. The summed E-state index contributed by atoms with van der Waals surface area (Å²) in [6, 6.07) is 8.38. The maximum absolute atomic E-state index is 12.8. The number of esters is 1. The average molecular weight is 351 g/mol. The lowest BCUT2D eigenvalue weighted by Gasteiger charge is -2.11. The number of nitrogens with two attached hydrogens (primary N) is 1. The summed E-state index contributed by atoms with van der Waals surface area (Å²) >= 11 is 6.14. The van der Waals surface area contributed by atoms with Crippen LogP contribution in [-0.2, 0) is 16.0 Å². The van der Waals surface area contributed by atoms with Crippen molar-refractivity contribution < 1.29 is 18.7 Å². The Morgan fingerprint density at radius 1 is 1.25 bits per heavy atom. The molecule has 2 aromatic carbocycles. The second-order valence-corrected chi connectivity index (χ2v) is 5.48. The molecule has 3 N–H and O–H groups in total. The van der Waals surface area contributed by atoms with E-state index in [0.717, 1.165) is 0 Å².